The van der Waals surface area contributed by atoms with Crippen molar-refractivity contribution in [1.82, 2.24) is 4.98 Å². The van der Waals surface area contributed by atoms with Crippen LogP contribution in [0, 0.1) is 0 Å². The van der Waals surface area contributed by atoms with Gasteiger partial charge < -0.3 is 19.2 Å². The Morgan fingerprint density at radius 2 is 1.85 bits per heavy atom. The van der Waals surface area contributed by atoms with Crippen molar-refractivity contribution in [3.63, 3.8) is 0 Å². The number of nitrogens with zero attached hydrogens (tertiary/aromatic N) is 1. The van der Waals surface area contributed by atoms with Gasteiger partial charge in [-0.15, -0.1) is 0 Å². The van der Waals surface area contributed by atoms with Crippen molar-refractivity contribution in [2.75, 3.05) is 18.5 Å². The highest BCUT2D eigenvalue weighted by Gasteiger charge is 2.14. The van der Waals surface area contributed by atoms with Gasteiger partial charge in [0.15, 0.2) is 11.5 Å². The monoisotopic (exact) mass is 350 g/mol. The number of aromatic nitrogens is 1. The minimum Gasteiger partial charge on any atom is -0.490 e. The first-order valence-corrected chi connectivity index (χ1v) is 8.47. The lowest BCUT2D eigenvalue weighted by Gasteiger charge is -2.10. The topological polar surface area (TPSA) is 73.6 Å². The predicted octanol–water partition coefficient (Wildman–Crippen LogP) is 3.68. The maximum atomic E-state index is 12.3. The smallest absolute Gasteiger partial charge is 0.230 e. The maximum absolute atomic E-state index is 12.3. The van der Waals surface area contributed by atoms with E-state index in [1.807, 2.05) is 30.3 Å². The number of hydrogen-bond donors (Lipinski definition) is 1. The molecule has 6 nitrogen and oxygen atoms in total. The van der Waals surface area contributed by atoms with Crippen LogP contribution < -0.4 is 14.8 Å². The SMILES string of the molecule is O=C(Cc1coc(-c2ccccc2)n1)Nc1ccc2c(c1)OCCCO2. The summed E-state index contributed by atoms with van der Waals surface area (Å²) in [6.45, 7) is 1.24. The Hall–Kier alpha value is -3.28. The number of ether oxygens (including phenoxy) is 2. The largest absolute Gasteiger partial charge is 0.490 e. The second kappa shape index (κ2) is 7.31. The van der Waals surface area contributed by atoms with E-state index in [4.69, 9.17) is 13.9 Å². The third-order valence-electron chi connectivity index (χ3n) is 3.95. The van der Waals surface area contributed by atoms with Crippen LogP contribution in [0.3, 0.4) is 0 Å². The number of oxazole rings is 1. The molecule has 2 aromatic carbocycles. The Balaban J connectivity index is 1.41. The lowest BCUT2D eigenvalue weighted by molar-refractivity contribution is -0.115. The zero-order valence-corrected chi connectivity index (χ0v) is 14.1. The van der Waals surface area contributed by atoms with Gasteiger partial charge in [0, 0.05) is 23.7 Å². The Bertz CT molecular complexity index is 905. The molecule has 0 radical (unpaired) electrons. The quantitative estimate of drug-likeness (QED) is 0.777. The van der Waals surface area contributed by atoms with Crippen LogP contribution in [0.4, 0.5) is 5.69 Å². The molecular weight excluding hydrogens is 332 g/mol. The summed E-state index contributed by atoms with van der Waals surface area (Å²) in [7, 11) is 0. The summed E-state index contributed by atoms with van der Waals surface area (Å²) in [5.74, 6) is 1.67. The summed E-state index contributed by atoms with van der Waals surface area (Å²) in [5.41, 5.74) is 2.11. The zero-order valence-electron chi connectivity index (χ0n) is 14.1. The van der Waals surface area contributed by atoms with Crippen LogP contribution in [0.15, 0.2) is 59.2 Å². The van der Waals surface area contributed by atoms with Crippen molar-refractivity contribution in [1.29, 1.82) is 0 Å². The summed E-state index contributed by atoms with van der Waals surface area (Å²) in [5, 5.41) is 2.85. The fraction of sp³-hybridized carbons (Fsp3) is 0.200. The Morgan fingerprint density at radius 3 is 2.69 bits per heavy atom. The fourth-order valence-electron chi connectivity index (χ4n) is 2.71. The number of carbonyl (C=O) groups excluding carboxylic acids is 1. The molecule has 0 bridgehead atoms. The van der Waals surface area contributed by atoms with Gasteiger partial charge in [0.05, 0.1) is 25.3 Å². The van der Waals surface area contributed by atoms with E-state index >= 15 is 0 Å². The van der Waals surface area contributed by atoms with Crippen molar-refractivity contribution in [3.05, 3.63) is 60.5 Å². The van der Waals surface area contributed by atoms with Crippen LogP contribution in [0.2, 0.25) is 0 Å². The third kappa shape index (κ3) is 3.69. The molecule has 3 aromatic rings. The number of amides is 1. The van der Waals surface area contributed by atoms with E-state index in [2.05, 4.69) is 10.3 Å². The van der Waals surface area contributed by atoms with Crippen molar-refractivity contribution in [3.8, 4) is 23.0 Å². The standard InChI is InChI=1S/C20H18N2O4/c23-19(12-16-13-26-20(22-16)14-5-2-1-3-6-14)21-15-7-8-17-18(11-15)25-10-4-9-24-17/h1-3,5-8,11,13H,4,9-10,12H2,(H,21,23). The van der Waals surface area contributed by atoms with E-state index in [0.717, 1.165) is 12.0 Å². The van der Waals surface area contributed by atoms with Gasteiger partial charge in [0.1, 0.15) is 6.26 Å². The van der Waals surface area contributed by atoms with Crippen LogP contribution in [0.25, 0.3) is 11.5 Å². The van der Waals surface area contributed by atoms with E-state index < -0.39 is 0 Å². The molecule has 6 heteroatoms. The van der Waals surface area contributed by atoms with Crippen molar-refractivity contribution < 1.29 is 18.7 Å². The predicted molar refractivity (Wildman–Crippen MR) is 96.3 cm³/mol. The van der Waals surface area contributed by atoms with Crippen LogP contribution >= 0.6 is 0 Å². The second-order valence-corrected chi connectivity index (χ2v) is 5.95. The van der Waals surface area contributed by atoms with Gasteiger partial charge in [-0.25, -0.2) is 4.98 Å². The third-order valence-corrected chi connectivity index (χ3v) is 3.95. The van der Waals surface area contributed by atoms with E-state index in [1.54, 1.807) is 18.2 Å². The first-order valence-electron chi connectivity index (χ1n) is 8.47. The number of fused-ring (bicyclic) bond motifs is 1. The number of rotatable bonds is 4. The summed E-state index contributed by atoms with van der Waals surface area (Å²) >= 11 is 0. The van der Waals surface area contributed by atoms with Crippen molar-refractivity contribution >= 4 is 11.6 Å². The zero-order chi connectivity index (χ0) is 17.8. The minimum absolute atomic E-state index is 0.130. The van der Waals surface area contributed by atoms with E-state index in [9.17, 15) is 4.79 Å². The molecule has 26 heavy (non-hydrogen) atoms. The lowest BCUT2D eigenvalue weighted by atomic mass is 10.2. The van der Waals surface area contributed by atoms with Gasteiger partial charge in [-0.2, -0.15) is 0 Å². The Morgan fingerprint density at radius 1 is 1.04 bits per heavy atom. The molecule has 4 rings (SSSR count). The Kier molecular flexibility index (Phi) is 4.55. The summed E-state index contributed by atoms with van der Waals surface area (Å²) in [6, 6.07) is 14.9. The normalized spacial score (nSPS) is 13.1. The first kappa shape index (κ1) is 16.2. The molecule has 0 unspecified atom stereocenters. The Labute approximate surface area is 150 Å². The van der Waals surface area contributed by atoms with Crippen LogP contribution in [0.5, 0.6) is 11.5 Å². The van der Waals surface area contributed by atoms with E-state index in [0.29, 0.717) is 42.0 Å². The van der Waals surface area contributed by atoms with Crippen LogP contribution in [-0.4, -0.2) is 24.1 Å². The number of benzene rings is 2. The fourth-order valence-corrected chi connectivity index (χ4v) is 2.71. The van der Waals surface area contributed by atoms with Gasteiger partial charge in [-0.1, -0.05) is 18.2 Å². The van der Waals surface area contributed by atoms with E-state index in [-0.39, 0.29) is 12.3 Å². The first-order chi connectivity index (χ1) is 12.8. The molecule has 0 atom stereocenters. The van der Waals surface area contributed by atoms with Crippen molar-refractivity contribution in [2.45, 2.75) is 12.8 Å². The maximum Gasteiger partial charge on any atom is 0.230 e. The molecule has 0 aliphatic carbocycles. The molecule has 1 amide bonds. The second-order valence-electron chi connectivity index (χ2n) is 5.95. The molecule has 132 valence electrons. The minimum atomic E-state index is -0.174. The molecule has 2 heterocycles. The molecule has 0 fully saturated rings. The van der Waals surface area contributed by atoms with Crippen molar-refractivity contribution in [2.24, 2.45) is 0 Å². The van der Waals surface area contributed by atoms with Gasteiger partial charge in [0.2, 0.25) is 11.8 Å². The highest BCUT2D eigenvalue weighted by atomic mass is 16.5. The van der Waals surface area contributed by atoms with Gasteiger partial charge in [-0.05, 0) is 24.3 Å². The number of nitrogens with one attached hydrogen (secondary N) is 1. The number of hydrogen-bond acceptors (Lipinski definition) is 5. The molecule has 1 aliphatic rings. The molecule has 1 N–H and O–H groups in total. The average molecular weight is 350 g/mol. The lowest BCUT2D eigenvalue weighted by Crippen LogP contribution is -2.14. The summed E-state index contributed by atoms with van der Waals surface area (Å²) in [4.78, 5) is 16.7. The molecule has 1 aliphatic heterocycles. The summed E-state index contributed by atoms with van der Waals surface area (Å²) < 4.78 is 16.7. The number of carbonyl (C=O) groups is 1. The molecule has 0 saturated heterocycles. The molecule has 1 aromatic heterocycles. The molecule has 0 spiro atoms. The number of anilines is 1. The van der Waals surface area contributed by atoms with Gasteiger partial charge >= 0.3 is 0 Å². The highest BCUT2D eigenvalue weighted by molar-refractivity contribution is 5.92. The van der Waals surface area contributed by atoms with Crippen LogP contribution in [0.1, 0.15) is 12.1 Å². The molecule has 0 saturated carbocycles. The van der Waals surface area contributed by atoms with E-state index in [1.165, 1.54) is 6.26 Å². The molecular formula is C20H18N2O4. The average Bonchev–Trinajstić information content (AvgIpc) is 2.99. The van der Waals surface area contributed by atoms with Crippen LogP contribution in [-0.2, 0) is 11.2 Å². The summed E-state index contributed by atoms with van der Waals surface area (Å²) in [6.07, 6.45) is 2.48. The highest BCUT2D eigenvalue weighted by Crippen LogP contribution is 2.32. The van der Waals surface area contributed by atoms with Gasteiger partial charge in [-0.3, -0.25) is 4.79 Å². The van der Waals surface area contributed by atoms with Gasteiger partial charge in [0.25, 0.3) is 0 Å².